The van der Waals surface area contributed by atoms with Crippen molar-refractivity contribution in [1.29, 1.82) is 0 Å². The smallest absolute Gasteiger partial charge is 0.165 e. The van der Waals surface area contributed by atoms with Crippen LogP contribution in [0.2, 0.25) is 0 Å². The average molecular weight is 355 g/mol. The van der Waals surface area contributed by atoms with E-state index in [1.54, 1.807) is 14.2 Å². The predicted octanol–water partition coefficient (Wildman–Crippen LogP) is 2.76. The molecule has 0 aromatic heterocycles. The molecule has 0 aliphatic carbocycles. The number of rotatable bonds is 6. The lowest BCUT2D eigenvalue weighted by Gasteiger charge is -2.36. The van der Waals surface area contributed by atoms with Gasteiger partial charge in [-0.2, -0.15) is 0 Å². The number of benzene rings is 2. The molecular formula is C21H29N3O2. The highest BCUT2D eigenvalue weighted by molar-refractivity contribution is 5.53. The molecule has 5 heteroatoms. The maximum absolute atomic E-state index is 5.75. The molecule has 0 saturated carbocycles. The third-order valence-electron chi connectivity index (χ3n) is 4.97. The SMILES string of the molecule is COc1cccc(C(c2ccc(N(C)C)cc2)N2CCNCC2)c1OC. The quantitative estimate of drug-likeness (QED) is 0.862. The number of nitrogens with zero attached hydrogens (tertiary/aromatic N) is 2. The number of para-hydroxylation sites is 1. The molecule has 2 aromatic carbocycles. The minimum Gasteiger partial charge on any atom is -0.493 e. The molecule has 0 bridgehead atoms. The molecule has 140 valence electrons. The van der Waals surface area contributed by atoms with E-state index < -0.39 is 0 Å². The molecule has 0 radical (unpaired) electrons. The van der Waals surface area contributed by atoms with Crippen LogP contribution in [-0.4, -0.2) is 59.4 Å². The van der Waals surface area contributed by atoms with Crippen LogP contribution in [0.1, 0.15) is 17.2 Å². The topological polar surface area (TPSA) is 37.0 Å². The summed E-state index contributed by atoms with van der Waals surface area (Å²) in [5.41, 5.74) is 3.61. The Kier molecular flexibility index (Phi) is 6.01. The average Bonchev–Trinajstić information content (AvgIpc) is 2.69. The van der Waals surface area contributed by atoms with Crippen LogP contribution in [0.5, 0.6) is 11.5 Å². The minimum absolute atomic E-state index is 0.137. The van der Waals surface area contributed by atoms with Crippen molar-refractivity contribution in [3.05, 3.63) is 53.6 Å². The van der Waals surface area contributed by atoms with E-state index >= 15 is 0 Å². The van der Waals surface area contributed by atoms with E-state index in [2.05, 4.69) is 59.5 Å². The van der Waals surface area contributed by atoms with Crippen molar-refractivity contribution >= 4 is 5.69 Å². The third-order valence-corrected chi connectivity index (χ3v) is 4.97. The molecule has 1 atom stereocenters. The van der Waals surface area contributed by atoms with E-state index in [0.717, 1.165) is 43.2 Å². The van der Waals surface area contributed by atoms with Gasteiger partial charge in [-0.1, -0.05) is 24.3 Å². The van der Waals surface area contributed by atoms with E-state index in [1.165, 1.54) is 11.3 Å². The third kappa shape index (κ3) is 3.79. The highest BCUT2D eigenvalue weighted by atomic mass is 16.5. The van der Waals surface area contributed by atoms with Gasteiger partial charge in [-0.3, -0.25) is 4.90 Å². The van der Waals surface area contributed by atoms with Crippen LogP contribution in [0.3, 0.4) is 0 Å². The second-order valence-corrected chi connectivity index (χ2v) is 6.76. The maximum atomic E-state index is 5.75. The van der Waals surface area contributed by atoms with E-state index in [-0.39, 0.29) is 6.04 Å². The van der Waals surface area contributed by atoms with Crippen molar-refractivity contribution in [2.45, 2.75) is 6.04 Å². The normalized spacial score (nSPS) is 16.2. The first-order chi connectivity index (χ1) is 12.7. The van der Waals surface area contributed by atoms with Gasteiger partial charge in [0.1, 0.15) is 0 Å². The lowest BCUT2D eigenvalue weighted by Crippen LogP contribution is -2.45. The zero-order valence-corrected chi connectivity index (χ0v) is 16.2. The molecule has 1 aliphatic rings. The molecule has 3 rings (SSSR count). The predicted molar refractivity (Wildman–Crippen MR) is 107 cm³/mol. The molecule has 1 unspecified atom stereocenters. The van der Waals surface area contributed by atoms with Gasteiger partial charge >= 0.3 is 0 Å². The molecule has 1 N–H and O–H groups in total. The summed E-state index contributed by atoms with van der Waals surface area (Å²) < 4.78 is 11.3. The molecule has 26 heavy (non-hydrogen) atoms. The fourth-order valence-corrected chi connectivity index (χ4v) is 3.61. The van der Waals surface area contributed by atoms with Crippen LogP contribution in [0.4, 0.5) is 5.69 Å². The number of piperazine rings is 1. The highest BCUT2D eigenvalue weighted by Crippen LogP contribution is 2.40. The number of ether oxygens (including phenoxy) is 2. The van der Waals surface area contributed by atoms with Crippen LogP contribution < -0.4 is 19.7 Å². The van der Waals surface area contributed by atoms with Gasteiger partial charge in [-0.05, 0) is 23.8 Å². The Balaban J connectivity index is 2.06. The first kappa shape index (κ1) is 18.5. The van der Waals surface area contributed by atoms with E-state index in [0.29, 0.717) is 0 Å². The van der Waals surface area contributed by atoms with Crippen molar-refractivity contribution in [3.63, 3.8) is 0 Å². The second kappa shape index (κ2) is 8.43. The van der Waals surface area contributed by atoms with E-state index in [9.17, 15) is 0 Å². The van der Waals surface area contributed by atoms with Crippen LogP contribution in [0.15, 0.2) is 42.5 Å². The monoisotopic (exact) mass is 355 g/mol. The standard InChI is InChI=1S/C21H29N3O2/c1-23(2)17-10-8-16(9-11-17)20(24-14-12-22-13-15-24)18-6-5-7-19(25-3)21(18)26-4/h5-11,20,22H,12-15H2,1-4H3. The van der Waals surface area contributed by atoms with Crippen LogP contribution in [0.25, 0.3) is 0 Å². The van der Waals surface area contributed by atoms with E-state index in [4.69, 9.17) is 9.47 Å². The summed E-state index contributed by atoms with van der Waals surface area (Å²) in [6.07, 6.45) is 0. The Labute approximate surface area is 156 Å². The Morgan fingerprint density at radius 2 is 1.65 bits per heavy atom. The van der Waals surface area contributed by atoms with Crippen molar-refractivity contribution in [2.75, 3.05) is 59.4 Å². The maximum Gasteiger partial charge on any atom is 0.165 e. The molecule has 1 heterocycles. The lowest BCUT2D eigenvalue weighted by atomic mass is 9.95. The molecule has 1 saturated heterocycles. The van der Waals surface area contributed by atoms with Gasteiger partial charge in [0.2, 0.25) is 0 Å². The van der Waals surface area contributed by atoms with Crippen molar-refractivity contribution < 1.29 is 9.47 Å². The lowest BCUT2D eigenvalue weighted by molar-refractivity contribution is 0.194. The summed E-state index contributed by atoms with van der Waals surface area (Å²) in [7, 11) is 7.53. The molecule has 1 fully saturated rings. The summed E-state index contributed by atoms with van der Waals surface area (Å²) in [5.74, 6) is 1.59. The zero-order valence-electron chi connectivity index (χ0n) is 16.2. The number of anilines is 1. The summed E-state index contributed by atoms with van der Waals surface area (Å²) in [4.78, 5) is 4.63. The van der Waals surface area contributed by atoms with Crippen LogP contribution >= 0.6 is 0 Å². The van der Waals surface area contributed by atoms with Crippen LogP contribution in [0, 0.1) is 0 Å². The Morgan fingerprint density at radius 1 is 0.962 bits per heavy atom. The second-order valence-electron chi connectivity index (χ2n) is 6.76. The van der Waals surface area contributed by atoms with E-state index in [1.807, 2.05) is 12.1 Å². The number of hydrogen-bond acceptors (Lipinski definition) is 5. The largest absolute Gasteiger partial charge is 0.493 e. The molecule has 2 aromatic rings. The summed E-state index contributed by atoms with van der Waals surface area (Å²) in [5, 5.41) is 3.44. The molecule has 0 spiro atoms. The summed E-state index contributed by atoms with van der Waals surface area (Å²) in [6, 6.07) is 15.1. The Bertz CT molecular complexity index is 710. The van der Waals surface area contributed by atoms with Crippen molar-refractivity contribution in [3.8, 4) is 11.5 Å². The fourth-order valence-electron chi connectivity index (χ4n) is 3.61. The summed E-state index contributed by atoms with van der Waals surface area (Å²) in [6.45, 7) is 4.00. The first-order valence-corrected chi connectivity index (χ1v) is 9.08. The molecule has 5 nitrogen and oxygen atoms in total. The zero-order chi connectivity index (χ0) is 18.5. The van der Waals surface area contributed by atoms with Gasteiger partial charge in [-0.15, -0.1) is 0 Å². The number of nitrogens with one attached hydrogen (secondary N) is 1. The number of hydrogen-bond donors (Lipinski definition) is 1. The highest BCUT2D eigenvalue weighted by Gasteiger charge is 2.27. The fraction of sp³-hybridized carbons (Fsp3) is 0.429. The van der Waals surface area contributed by atoms with Gasteiger partial charge in [0.15, 0.2) is 11.5 Å². The van der Waals surface area contributed by atoms with Gasteiger partial charge in [0, 0.05) is 51.5 Å². The van der Waals surface area contributed by atoms with Gasteiger partial charge in [-0.25, -0.2) is 0 Å². The molecular weight excluding hydrogens is 326 g/mol. The van der Waals surface area contributed by atoms with Gasteiger partial charge in [0.05, 0.1) is 20.3 Å². The first-order valence-electron chi connectivity index (χ1n) is 9.08. The molecule has 0 amide bonds. The summed E-state index contributed by atoms with van der Waals surface area (Å²) >= 11 is 0. The van der Waals surface area contributed by atoms with Crippen LogP contribution in [-0.2, 0) is 0 Å². The molecule has 1 aliphatic heterocycles. The Hall–Kier alpha value is -2.24. The number of methoxy groups -OCH3 is 2. The van der Waals surface area contributed by atoms with Gasteiger partial charge in [0.25, 0.3) is 0 Å². The van der Waals surface area contributed by atoms with Gasteiger partial charge < -0.3 is 19.7 Å². The minimum atomic E-state index is 0.137. The van der Waals surface area contributed by atoms with Crippen molar-refractivity contribution in [1.82, 2.24) is 10.2 Å². The Morgan fingerprint density at radius 3 is 2.23 bits per heavy atom. The van der Waals surface area contributed by atoms with Crippen molar-refractivity contribution in [2.24, 2.45) is 0 Å².